The number of carbonyl (C=O) groups excluding carboxylic acids is 1. The SMILES string of the molecule is Cc1ccccc1C(=O)N[C@@H]1CCCC[C@H]1C(c1ccccc1[N+](=O)[O-])N(C)C.Cl. The van der Waals surface area contributed by atoms with Crippen LogP contribution in [0.2, 0.25) is 0 Å². The van der Waals surface area contributed by atoms with Gasteiger partial charge in [-0.25, -0.2) is 0 Å². The molecule has 1 N–H and O–H groups in total. The molecule has 0 aromatic heterocycles. The third-order valence-electron chi connectivity index (χ3n) is 5.94. The van der Waals surface area contributed by atoms with Crippen molar-refractivity contribution >= 4 is 24.0 Å². The van der Waals surface area contributed by atoms with E-state index in [1.165, 1.54) is 0 Å². The molecule has 30 heavy (non-hydrogen) atoms. The van der Waals surface area contributed by atoms with Crippen LogP contribution in [0.1, 0.15) is 53.2 Å². The van der Waals surface area contributed by atoms with Gasteiger partial charge >= 0.3 is 0 Å². The van der Waals surface area contributed by atoms with E-state index in [9.17, 15) is 14.9 Å². The number of nitro benzene ring substituents is 1. The fraction of sp³-hybridized carbons (Fsp3) is 0.435. The lowest BCUT2D eigenvalue weighted by molar-refractivity contribution is -0.386. The summed E-state index contributed by atoms with van der Waals surface area (Å²) >= 11 is 0. The van der Waals surface area contributed by atoms with Crippen LogP contribution in [-0.2, 0) is 0 Å². The number of para-hydroxylation sites is 1. The zero-order valence-corrected chi connectivity index (χ0v) is 18.5. The maximum Gasteiger partial charge on any atom is 0.274 e. The number of nitrogens with zero attached hydrogens (tertiary/aromatic N) is 2. The average molecular weight is 432 g/mol. The van der Waals surface area contributed by atoms with Gasteiger partial charge in [-0.15, -0.1) is 12.4 Å². The minimum Gasteiger partial charge on any atom is -0.349 e. The van der Waals surface area contributed by atoms with Gasteiger partial charge in [-0.3, -0.25) is 14.9 Å². The third-order valence-corrected chi connectivity index (χ3v) is 5.94. The predicted molar refractivity (Wildman–Crippen MR) is 121 cm³/mol. The Morgan fingerprint density at radius 2 is 1.73 bits per heavy atom. The topological polar surface area (TPSA) is 75.5 Å². The van der Waals surface area contributed by atoms with Gasteiger partial charge in [-0.05, 0) is 51.4 Å². The number of nitrogens with one attached hydrogen (secondary N) is 1. The first kappa shape index (κ1) is 23.8. The molecule has 1 fully saturated rings. The molecule has 0 spiro atoms. The summed E-state index contributed by atoms with van der Waals surface area (Å²) in [6.07, 6.45) is 3.92. The molecule has 7 heteroatoms. The zero-order chi connectivity index (χ0) is 21.0. The lowest BCUT2D eigenvalue weighted by Crippen LogP contribution is -2.47. The van der Waals surface area contributed by atoms with Crippen LogP contribution in [0.15, 0.2) is 48.5 Å². The van der Waals surface area contributed by atoms with E-state index in [-0.39, 0.29) is 46.9 Å². The van der Waals surface area contributed by atoms with E-state index >= 15 is 0 Å². The smallest absolute Gasteiger partial charge is 0.274 e. The molecule has 162 valence electrons. The monoisotopic (exact) mass is 431 g/mol. The van der Waals surface area contributed by atoms with Crippen LogP contribution in [0.3, 0.4) is 0 Å². The second-order valence-electron chi connectivity index (χ2n) is 8.07. The first-order valence-corrected chi connectivity index (χ1v) is 10.2. The largest absolute Gasteiger partial charge is 0.349 e. The Bertz CT molecular complexity index is 888. The fourth-order valence-electron chi connectivity index (χ4n) is 4.59. The summed E-state index contributed by atoms with van der Waals surface area (Å²) in [4.78, 5) is 26.3. The summed E-state index contributed by atoms with van der Waals surface area (Å²) < 4.78 is 0. The van der Waals surface area contributed by atoms with Crippen molar-refractivity contribution in [3.05, 3.63) is 75.3 Å². The molecule has 1 aliphatic rings. The molecule has 0 bridgehead atoms. The van der Waals surface area contributed by atoms with Crippen molar-refractivity contribution in [2.75, 3.05) is 14.1 Å². The highest BCUT2D eigenvalue weighted by Gasteiger charge is 2.37. The molecule has 2 aromatic carbocycles. The number of halogens is 1. The number of nitro groups is 1. The van der Waals surface area contributed by atoms with Gasteiger partial charge in [-0.2, -0.15) is 0 Å². The molecule has 3 rings (SSSR count). The van der Waals surface area contributed by atoms with Crippen molar-refractivity contribution in [2.24, 2.45) is 5.92 Å². The molecule has 6 nitrogen and oxygen atoms in total. The van der Waals surface area contributed by atoms with Gasteiger partial charge in [0, 0.05) is 29.3 Å². The van der Waals surface area contributed by atoms with E-state index in [0.717, 1.165) is 31.2 Å². The van der Waals surface area contributed by atoms with Crippen LogP contribution in [0.4, 0.5) is 5.69 Å². The van der Waals surface area contributed by atoms with Crippen LogP contribution >= 0.6 is 12.4 Å². The first-order chi connectivity index (χ1) is 13.9. The Morgan fingerprint density at radius 1 is 1.10 bits per heavy atom. The molecule has 0 saturated heterocycles. The van der Waals surface area contributed by atoms with Gasteiger partial charge in [0.05, 0.1) is 4.92 Å². The molecular formula is C23H30ClN3O3. The van der Waals surface area contributed by atoms with Gasteiger partial charge < -0.3 is 10.2 Å². The van der Waals surface area contributed by atoms with Crippen LogP contribution in [0, 0.1) is 23.0 Å². The minimum absolute atomic E-state index is 0. The maximum atomic E-state index is 13.0. The fourth-order valence-corrected chi connectivity index (χ4v) is 4.59. The standard InChI is InChI=1S/C23H29N3O3.ClH/c1-16-10-4-5-11-17(16)23(27)24-20-14-8-6-12-18(20)22(25(2)3)19-13-7-9-15-21(19)26(28)29;/h4-5,7,9-11,13,15,18,20,22H,6,8,12,14H2,1-3H3,(H,24,27);1H/t18-,20-,22?;/m1./s1. The second-order valence-corrected chi connectivity index (χ2v) is 8.07. The number of aryl methyl sites for hydroxylation is 1. The Kier molecular flexibility index (Phi) is 8.38. The molecule has 2 aromatic rings. The maximum absolute atomic E-state index is 13.0. The summed E-state index contributed by atoms with van der Waals surface area (Å²) in [6, 6.07) is 14.4. The van der Waals surface area contributed by atoms with Gasteiger partial charge in [0.1, 0.15) is 0 Å². The third kappa shape index (κ3) is 5.18. The van der Waals surface area contributed by atoms with Crippen LogP contribution in [0.5, 0.6) is 0 Å². The number of rotatable bonds is 6. The molecule has 3 atom stereocenters. The highest BCUT2D eigenvalue weighted by atomic mass is 35.5. The molecular weight excluding hydrogens is 402 g/mol. The summed E-state index contributed by atoms with van der Waals surface area (Å²) in [6.45, 7) is 1.93. The molecule has 1 saturated carbocycles. The van der Waals surface area contributed by atoms with E-state index in [1.807, 2.05) is 62.3 Å². The van der Waals surface area contributed by atoms with Crippen LogP contribution < -0.4 is 5.32 Å². The van der Waals surface area contributed by atoms with Crippen molar-refractivity contribution in [3.63, 3.8) is 0 Å². The number of benzene rings is 2. The summed E-state index contributed by atoms with van der Waals surface area (Å²) in [5.74, 6) is 0.0351. The molecule has 0 aliphatic heterocycles. The van der Waals surface area contributed by atoms with E-state index in [2.05, 4.69) is 5.32 Å². The molecule has 1 unspecified atom stereocenters. The Hall–Kier alpha value is -2.44. The highest BCUT2D eigenvalue weighted by Crippen LogP contribution is 2.40. The summed E-state index contributed by atoms with van der Waals surface area (Å²) in [5.41, 5.74) is 2.48. The number of hydrogen-bond acceptors (Lipinski definition) is 4. The average Bonchev–Trinajstić information content (AvgIpc) is 2.69. The van der Waals surface area contributed by atoms with E-state index in [0.29, 0.717) is 11.1 Å². The van der Waals surface area contributed by atoms with Crippen molar-refractivity contribution in [1.29, 1.82) is 0 Å². The Balaban J connectivity index is 0.00000320. The number of carbonyl (C=O) groups is 1. The first-order valence-electron chi connectivity index (χ1n) is 10.2. The van der Waals surface area contributed by atoms with E-state index < -0.39 is 0 Å². The van der Waals surface area contributed by atoms with Crippen molar-refractivity contribution < 1.29 is 9.72 Å². The molecule has 0 heterocycles. The predicted octanol–water partition coefficient (Wildman–Crippen LogP) is 4.92. The van der Waals surface area contributed by atoms with Gasteiger partial charge in [0.2, 0.25) is 0 Å². The van der Waals surface area contributed by atoms with Crippen molar-refractivity contribution in [1.82, 2.24) is 10.2 Å². The Morgan fingerprint density at radius 3 is 2.40 bits per heavy atom. The van der Waals surface area contributed by atoms with Gasteiger partial charge in [0.25, 0.3) is 11.6 Å². The van der Waals surface area contributed by atoms with Crippen molar-refractivity contribution in [3.8, 4) is 0 Å². The Labute approximate surface area is 184 Å². The summed E-state index contributed by atoms with van der Waals surface area (Å²) in [7, 11) is 3.91. The molecule has 0 radical (unpaired) electrons. The van der Waals surface area contributed by atoms with Crippen molar-refractivity contribution in [2.45, 2.75) is 44.7 Å². The summed E-state index contributed by atoms with van der Waals surface area (Å²) in [5, 5.41) is 14.9. The lowest BCUT2D eigenvalue weighted by Gasteiger charge is -2.40. The molecule has 1 aliphatic carbocycles. The number of hydrogen-bond donors (Lipinski definition) is 1. The van der Waals surface area contributed by atoms with Crippen LogP contribution in [-0.4, -0.2) is 35.9 Å². The zero-order valence-electron chi connectivity index (χ0n) is 17.7. The minimum atomic E-state index is -0.310. The second kappa shape index (κ2) is 10.5. The van der Waals surface area contributed by atoms with Gasteiger partial charge in [-0.1, -0.05) is 49.2 Å². The van der Waals surface area contributed by atoms with E-state index in [1.54, 1.807) is 12.1 Å². The van der Waals surface area contributed by atoms with Crippen LogP contribution in [0.25, 0.3) is 0 Å². The van der Waals surface area contributed by atoms with Gasteiger partial charge in [0.15, 0.2) is 0 Å². The quantitative estimate of drug-likeness (QED) is 0.520. The molecule has 1 amide bonds. The van der Waals surface area contributed by atoms with E-state index in [4.69, 9.17) is 0 Å². The number of amides is 1. The lowest BCUT2D eigenvalue weighted by atomic mass is 9.76. The highest BCUT2D eigenvalue weighted by molar-refractivity contribution is 5.95. The normalized spacial score (nSPS) is 19.6.